The van der Waals surface area contributed by atoms with Crippen molar-refractivity contribution in [2.24, 2.45) is 0 Å². The van der Waals surface area contributed by atoms with Gasteiger partial charge in [0, 0.05) is 7.05 Å². The number of hydrogen-bond acceptors (Lipinski definition) is 6. The SMILES string of the molecule is CCOC(=O)c1ccc(-n2nnc(C(=O)NC)c2N)cc1. The second kappa shape index (κ2) is 6.04. The number of nitrogens with one attached hydrogen (secondary N) is 1. The van der Waals surface area contributed by atoms with Crippen LogP contribution in [0.15, 0.2) is 24.3 Å². The molecule has 1 aromatic heterocycles. The number of carbonyl (C=O) groups is 2. The van der Waals surface area contributed by atoms with Crippen LogP contribution in [0.25, 0.3) is 5.69 Å². The number of anilines is 1. The number of esters is 1. The molecular formula is C13H15N5O3. The van der Waals surface area contributed by atoms with Gasteiger partial charge in [0.1, 0.15) is 0 Å². The van der Waals surface area contributed by atoms with Crippen molar-refractivity contribution in [3.63, 3.8) is 0 Å². The summed E-state index contributed by atoms with van der Waals surface area (Å²) in [6.07, 6.45) is 0. The minimum atomic E-state index is -0.415. The Labute approximate surface area is 120 Å². The molecule has 0 bridgehead atoms. The fraction of sp³-hybridized carbons (Fsp3) is 0.231. The molecule has 0 saturated heterocycles. The molecule has 3 N–H and O–H groups in total. The summed E-state index contributed by atoms with van der Waals surface area (Å²) in [5.74, 6) is -0.693. The van der Waals surface area contributed by atoms with E-state index in [0.717, 1.165) is 0 Å². The Morgan fingerprint density at radius 3 is 2.57 bits per heavy atom. The van der Waals surface area contributed by atoms with E-state index in [-0.39, 0.29) is 11.5 Å². The van der Waals surface area contributed by atoms with E-state index in [1.165, 1.54) is 11.7 Å². The number of benzene rings is 1. The van der Waals surface area contributed by atoms with Gasteiger partial charge in [0.2, 0.25) is 0 Å². The van der Waals surface area contributed by atoms with E-state index in [1.807, 2.05) is 0 Å². The Bertz CT molecular complexity index is 663. The molecule has 0 spiro atoms. The molecule has 21 heavy (non-hydrogen) atoms. The zero-order valence-electron chi connectivity index (χ0n) is 11.7. The summed E-state index contributed by atoms with van der Waals surface area (Å²) in [4.78, 5) is 23.1. The molecule has 0 aliphatic carbocycles. The molecule has 0 fully saturated rings. The first-order valence-corrected chi connectivity index (χ1v) is 6.29. The van der Waals surface area contributed by atoms with E-state index in [9.17, 15) is 9.59 Å². The van der Waals surface area contributed by atoms with Gasteiger partial charge in [0.05, 0.1) is 17.9 Å². The Morgan fingerprint density at radius 2 is 2.00 bits per heavy atom. The second-order valence-corrected chi connectivity index (χ2v) is 4.08. The van der Waals surface area contributed by atoms with E-state index >= 15 is 0 Å². The second-order valence-electron chi connectivity index (χ2n) is 4.08. The first-order chi connectivity index (χ1) is 10.1. The van der Waals surface area contributed by atoms with Gasteiger partial charge in [-0.2, -0.15) is 4.68 Å². The maximum Gasteiger partial charge on any atom is 0.338 e. The summed E-state index contributed by atoms with van der Waals surface area (Å²) in [7, 11) is 1.48. The van der Waals surface area contributed by atoms with E-state index in [0.29, 0.717) is 17.9 Å². The predicted molar refractivity (Wildman–Crippen MR) is 75.1 cm³/mol. The lowest BCUT2D eigenvalue weighted by molar-refractivity contribution is 0.0526. The molecule has 0 atom stereocenters. The molecule has 8 nitrogen and oxygen atoms in total. The molecule has 0 aliphatic rings. The van der Waals surface area contributed by atoms with Gasteiger partial charge in [0.25, 0.3) is 5.91 Å². The molecule has 2 aromatic rings. The van der Waals surface area contributed by atoms with Crippen molar-refractivity contribution in [1.29, 1.82) is 0 Å². The monoisotopic (exact) mass is 289 g/mol. The number of carbonyl (C=O) groups excluding carboxylic acids is 2. The summed E-state index contributed by atoms with van der Waals surface area (Å²) in [5.41, 5.74) is 6.90. The van der Waals surface area contributed by atoms with Crippen LogP contribution in [0.5, 0.6) is 0 Å². The number of hydrogen-bond donors (Lipinski definition) is 2. The molecular weight excluding hydrogens is 274 g/mol. The Kier molecular flexibility index (Phi) is 4.17. The van der Waals surface area contributed by atoms with Crippen LogP contribution in [-0.4, -0.2) is 40.5 Å². The largest absolute Gasteiger partial charge is 0.462 e. The van der Waals surface area contributed by atoms with Crippen molar-refractivity contribution < 1.29 is 14.3 Å². The van der Waals surface area contributed by atoms with Crippen LogP contribution in [0.2, 0.25) is 0 Å². The third-order valence-electron chi connectivity index (χ3n) is 2.77. The molecule has 1 aromatic carbocycles. The molecule has 110 valence electrons. The maximum absolute atomic E-state index is 11.6. The summed E-state index contributed by atoms with van der Waals surface area (Å²) < 4.78 is 6.21. The van der Waals surface area contributed by atoms with Crippen LogP contribution in [0, 0.1) is 0 Å². The molecule has 0 radical (unpaired) electrons. The molecule has 2 rings (SSSR count). The van der Waals surface area contributed by atoms with Gasteiger partial charge in [-0.3, -0.25) is 4.79 Å². The number of nitrogens with two attached hydrogens (primary N) is 1. The summed E-state index contributed by atoms with van der Waals surface area (Å²) in [6, 6.07) is 6.47. The molecule has 1 heterocycles. The van der Waals surface area contributed by atoms with Crippen molar-refractivity contribution >= 4 is 17.7 Å². The lowest BCUT2D eigenvalue weighted by atomic mass is 10.2. The van der Waals surface area contributed by atoms with Crippen LogP contribution >= 0.6 is 0 Å². The number of amides is 1. The standard InChI is InChI=1S/C13H15N5O3/c1-3-21-13(20)8-4-6-9(7-5-8)18-11(14)10(16-17-18)12(19)15-2/h4-7H,3,14H2,1-2H3,(H,15,19). The van der Waals surface area contributed by atoms with Gasteiger partial charge in [-0.05, 0) is 31.2 Å². The van der Waals surface area contributed by atoms with Crippen LogP contribution in [0.3, 0.4) is 0 Å². The zero-order valence-corrected chi connectivity index (χ0v) is 11.7. The van der Waals surface area contributed by atoms with Gasteiger partial charge in [-0.15, -0.1) is 5.10 Å². The van der Waals surface area contributed by atoms with Crippen LogP contribution < -0.4 is 11.1 Å². The van der Waals surface area contributed by atoms with Gasteiger partial charge in [0.15, 0.2) is 11.5 Å². The highest BCUT2D eigenvalue weighted by atomic mass is 16.5. The fourth-order valence-electron chi connectivity index (χ4n) is 1.71. The van der Waals surface area contributed by atoms with Crippen molar-refractivity contribution in [2.75, 3.05) is 19.4 Å². The van der Waals surface area contributed by atoms with E-state index in [4.69, 9.17) is 10.5 Å². The molecule has 0 aliphatic heterocycles. The smallest absolute Gasteiger partial charge is 0.338 e. The Hall–Kier alpha value is -2.90. The number of rotatable bonds is 4. The number of ether oxygens (including phenoxy) is 1. The predicted octanol–water partition coefficient (Wildman–Crippen LogP) is 0.386. The molecule has 1 amide bonds. The zero-order chi connectivity index (χ0) is 15.4. The van der Waals surface area contributed by atoms with Gasteiger partial charge in [-0.25, -0.2) is 4.79 Å². The summed E-state index contributed by atoms with van der Waals surface area (Å²) in [6.45, 7) is 2.05. The average Bonchev–Trinajstić information content (AvgIpc) is 2.88. The van der Waals surface area contributed by atoms with Crippen LogP contribution in [-0.2, 0) is 4.74 Å². The molecule has 0 unspecified atom stereocenters. The van der Waals surface area contributed by atoms with Crippen molar-refractivity contribution in [1.82, 2.24) is 20.3 Å². The maximum atomic E-state index is 11.6. The summed E-state index contributed by atoms with van der Waals surface area (Å²) >= 11 is 0. The first kappa shape index (κ1) is 14.5. The highest BCUT2D eigenvalue weighted by Crippen LogP contribution is 2.16. The van der Waals surface area contributed by atoms with Gasteiger partial charge >= 0.3 is 5.97 Å². The Morgan fingerprint density at radius 1 is 1.33 bits per heavy atom. The minimum absolute atomic E-state index is 0.0481. The van der Waals surface area contributed by atoms with Crippen LogP contribution in [0.1, 0.15) is 27.8 Å². The van der Waals surface area contributed by atoms with Crippen molar-refractivity contribution in [3.8, 4) is 5.69 Å². The third-order valence-corrected chi connectivity index (χ3v) is 2.77. The van der Waals surface area contributed by atoms with E-state index in [1.54, 1.807) is 31.2 Å². The highest BCUT2D eigenvalue weighted by molar-refractivity contribution is 5.96. The van der Waals surface area contributed by atoms with E-state index < -0.39 is 11.9 Å². The first-order valence-electron chi connectivity index (χ1n) is 6.29. The lowest BCUT2D eigenvalue weighted by Gasteiger charge is -2.05. The molecule has 0 saturated carbocycles. The number of nitrogens with zero attached hydrogens (tertiary/aromatic N) is 3. The normalized spacial score (nSPS) is 10.2. The fourth-order valence-corrected chi connectivity index (χ4v) is 1.71. The average molecular weight is 289 g/mol. The summed E-state index contributed by atoms with van der Waals surface area (Å²) in [5, 5.41) is 9.99. The van der Waals surface area contributed by atoms with Crippen LogP contribution in [0.4, 0.5) is 5.82 Å². The quantitative estimate of drug-likeness (QED) is 0.787. The van der Waals surface area contributed by atoms with Gasteiger partial charge in [-0.1, -0.05) is 5.21 Å². The highest BCUT2D eigenvalue weighted by Gasteiger charge is 2.17. The Balaban J connectivity index is 2.29. The number of aromatic nitrogens is 3. The topological polar surface area (TPSA) is 112 Å². The number of nitrogen functional groups attached to an aromatic ring is 1. The molecule has 8 heteroatoms. The third kappa shape index (κ3) is 2.83. The lowest BCUT2D eigenvalue weighted by Crippen LogP contribution is -2.20. The van der Waals surface area contributed by atoms with Gasteiger partial charge < -0.3 is 15.8 Å². The minimum Gasteiger partial charge on any atom is -0.462 e. The van der Waals surface area contributed by atoms with E-state index in [2.05, 4.69) is 15.6 Å². The van der Waals surface area contributed by atoms with Crippen molar-refractivity contribution in [3.05, 3.63) is 35.5 Å². The van der Waals surface area contributed by atoms with Crippen molar-refractivity contribution in [2.45, 2.75) is 6.92 Å².